The minimum atomic E-state index is -3.14. The van der Waals surface area contributed by atoms with Gasteiger partial charge >= 0.3 is 13.0 Å². The lowest BCUT2D eigenvalue weighted by atomic mass is 9.80. The molecule has 3 rings (SSSR count). The van der Waals surface area contributed by atoms with Crippen LogP contribution in [0.1, 0.15) is 39.0 Å². The Bertz CT molecular complexity index is 702. The molecule has 6 heteroatoms. The van der Waals surface area contributed by atoms with Gasteiger partial charge in [0.25, 0.3) is 0 Å². The first kappa shape index (κ1) is 17.1. The summed E-state index contributed by atoms with van der Waals surface area (Å²) in [5, 5.41) is 0. The number of rotatable bonds is 3. The number of hydrogen-bond acceptors (Lipinski definition) is 3. The van der Waals surface area contributed by atoms with E-state index >= 15 is 0 Å². The van der Waals surface area contributed by atoms with Crippen molar-refractivity contribution >= 4 is 12.6 Å². The van der Waals surface area contributed by atoms with Crippen LogP contribution >= 0.6 is 0 Å². The Morgan fingerprint density at radius 1 is 0.917 bits per heavy atom. The normalized spacial score (nSPS) is 19.5. The van der Waals surface area contributed by atoms with E-state index in [4.69, 9.17) is 9.31 Å². The second-order valence-electron chi connectivity index (χ2n) is 7.01. The molecular weight excluding hydrogens is 311 g/mol. The van der Waals surface area contributed by atoms with Crippen LogP contribution in [0.4, 0.5) is 8.78 Å². The minimum absolute atomic E-state index is 0.0825. The number of halogens is 2. The van der Waals surface area contributed by atoms with Gasteiger partial charge in [-0.25, -0.2) is 0 Å². The van der Waals surface area contributed by atoms with E-state index in [1.807, 2.05) is 27.7 Å². The molecule has 2 aromatic rings. The summed E-state index contributed by atoms with van der Waals surface area (Å²) >= 11 is 0. The van der Waals surface area contributed by atoms with Gasteiger partial charge in [0.2, 0.25) is 0 Å². The Morgan fingerprint density at radius 2 is 1.50 bits per heavy atom. The maximum absolute atomic E-state index is 14.5. The van der Waals surface area contributed by atoms with Gasteiger partial charge in [-0.15, -0.1) is 0 Å². The molecule has 0 spiro atoms. The van der Waals surface area contributed by atoms with E-state index in [0.29, 0.717) is 5.46 Å². The van der Waals surface area contributed by atoms with Gasteiger partial charge < -0.3 is 9.31 Å². The Labute approximate surface area is 141 Å². The van der Waals surface area contributed by atoms with Gasteiger partial charge in [-0.2, -0.15) is 8.78 Å². The van der Waals surface area contributed by atoms with Crippen LogP contribution in [0.5, 0.6) is 0 Å². The predicted octanol–water partition coefficient (Wildman–Crippen LogP) is 3.52. The van der Waals surface area contributed by atoms with Crippen LogP contribution in [0, 0.1) is 0 Å². The summed E-state index contributed by atoms with van der Waals surface area (Å²) in [5.74, 6) is -3.14. The first-order valence-electron chi connectivity index (χ1n) is 7.89. The molecule has 24 heavy (non-hydrogen) atoms. The summed E-state index contributed by atoms with van der Waals surface area (Å²) in [6, 6.07) is 10.6. The van der Waals surface area contributed by atoms with E-state index in [0.717, 1.165) is 0 Å². The highest BCUT2D eigenvalue weighted by atomic mass is 19.3. The molecule has 126 valence electrons. The van der Waals surface area contributed by atoms with Crippen molar-refractivity contribution in [2.75, 3.05) is 0 Å². The van der Waals surface area contributed by atoms with Crippen LogP contribution in [-0.2, 0) is 15.2 Å². The second kappa shape index (κ2) is 5.64. The number of hydrogen-bond donors (Lipinski definition) is 0. The van der Waals surface area contributed by atoms with E-state index in [1.54, 1.807) is 24.3 Å². The first-order valence-corrected chi connectivity index (χ1v) is 7.89. The quantitative estimate of drug-likeness (QED) is 0.807. The van der Waals surface area contributed by atoms with Crippen molar-refractivity contribution in [1.29, 1.82) is 0 Å². The molecule has 0 unspecified atom stereocenters. The lowest BCUT2D eigenvalue weighted by Crippen LogP contribution is -2.41. The molecule has 1 aliphatic heterocycles. The van der Waals surface area contributed by atoms with Gasteiger partial charge in [-0.3, -0.25) is 4.98 Å². The highest BCUT2D eigenvalue weighted by Crippen LogP contribution is 2.37. The molecule has 3 nitrogen and oxygen atoms in total. The van der Waals surface area contributed by atoms with Crippen molar-refractivity contribution in [3.8, 4) is 0 Å². The maximum Gasteiger partial charge on any atom is 0.496 e. The molecular formula is C18H20BF2NO2. The van der Waals surface area contributed by atoms with Gasteiger partial charge in [-0.1, -0.05) is 36.4 Å². The zero-order chi connectivity index (χ0) is 17.6. The van der Waals surface area contributed by atoms with E-state index in [9.17, 15) is 8.78 Å². The van der Waals surface area contributed by atoms with E-state index < -0.39 is 24.2 Å². The monoisotopic (exact) mass is 331 g/mol. The Morgan fingerprint density at radius 3 is 2.00 bits per heavy atom. The van der Waals surface area contributed by atoms with Crippen molar-refractivity contribution in [2.45, 2.75) is 44.8 Å². The van der Waals surface area contributed by atoms with Crippen LogP contribution < -0.4 is 5.46 Å². The van der Waals surface area contributed by atoms with E-state index in [-0.39, 0.29) is 11.3 Å². The van der Waals surface area contributed by atoms with Crippen molar-refractivity contribution < 1.29 is 18.1 Å². The van der Waals surface area contributed by atoms with Crippen LogP contribution in [0.25, 0.3) is 0 Å². The Hall–Kier alpha value is -1.79. The number of aromatic nitrogens is 1. The van der Waals surface area contributed by atoms with Gasteiger partial charge in [0.1, 0.15) is 5.69 Å². The molecule has 0 N–H and O–H groups in total. The fourth-order valence-corrected chi connectivity index (χ4v) is 2.50. The molecule has 0 aliphatic carbocycles. The number of alkyl halides is 2. The fraction of sp³-hybridized carbons (Fsp3) is 0.389. The molecule has 1 aromatic heterocycles. The third-order valence-corrected chi connectivity index (χ3v) is 4.77. The van der Waals surface area contributed by atoms with Crippen molar-refractivity contribution in [3.05, 3.63) is 59.9 Å². The van der Waals surface area contributed by atoms with Crippen molar-refractivity contribution in [2.24, 2.45) is 0 Å². The van der Waals surface area contributed by atoms with Crippen LogP contribution in [0.3, 0.4) is 0 Å². The maximum atomic E-state index is 14.5. The summed E-state index contributed by atoms with van der Waals surface area (Å²) < 4.78 is 40.9. The zero-order valence-corrected chi connectivity index (χ0v) is 14.2. The average molecular weight is 331 g/mol. The lowest BCUT2D eigenvalue weighted by Gasteiger charge is -2.32. The van der Waals surface area contributed by atoms with Gasteiger partial charge in [0.05, 0.1) is 11.2 Å². The van der Waals surface area contributed by atoms with Crippen LogP contribution in [0.2, 0.25) is 0 Å². The number of pyridine rings is 1. The summed E-state index contributed by atoms with van der Waals surface area (Å²) in [5.41, 5.74) is -0.717. The minimum Gasteiger partial charge on any atom is -0.399 e. The highest BCUT2D eigenvalue weighted by molar-refractivity contribution is 6.62. The van der Waals surface area contributed by atoms with E-state index in [1.165, 1.54) is 24.4 Å². The summed E-state index contributed by atoms with van der Waals surface area (Å²) in [7, 11) is -0.609. The molecule has 1 aromatic carbocycles. The molecule has 0 bridgehead atoms. The lowest BCUT2D eigenvalue weighted by molar-refractivity contribution is 0.00578. The third kappa shape index (κ3) is 2.85. The Balaban J connectivity index is 1.85. The molecule has 0 amide bonds. The first-order chi connectivity index (χ1) is 11.1. The molecule has 1 saturated heterocycles. The third-order valence-electron chi connectivity index (χ3n) is 4.77. The molecule has 0 radical (unpaired) electrons. The molecule has 1 aliphatic rings. The highest BCUT2D eigenvalue weighted by Gasteiger charge is 2.52. The van der Waals surface area contributed by atoms with Crippen LogP contribution in [-0.4, -0.2) is 23.3 Å². The topological polar surface area (TPSA) is 31.4 Å². The zero-order valence-electron chi connectivity index (χ0n) is 14.2. The summed E-state index contributed by atoms with van der Waals surface area (Å²) in [6.45, 7) is 7.77. The van der Waals surface area contributed by atoms with Crippen molar-refractivity contribution in [1.82, 2.24) is 4.98 Å². The van der Waals surface area contributed by atoms with Gasteiger partial charge in [0, 0.05) is 17.2 Å². The molecule has 0 saturated carbocycles. The average Bonchev–Trinajstić information content (AvgIpc) is 2.76. The second-order valence-corrected chi connectivity index (χ2v) is 7.01. The molecule has 2 heterocycles. The largest absolute Gasteiger partial charge is 0.496 e. The number of benzene rings is 1. The SMILES string of the molecule is CC1(C)OB(c2ccc(C(F)(F)c3ccccc3)nc2)OC1(C)C. The van der Waals surface area contributed by atoms with Crippen molar-refractivity contribution in [3.63, 3.8) is 0 Å². The fourth-order valence-electron chi connectivity index (χ4n) is 2.50. The van der Waals surface area contributed by atoms with Gasteiger partial charge in [0.15, 0.2) is 0 Å². The Kier molecular flexibility index (Phi) is 4.01. The smallest absolute Gasteiger partial charge is 0.399 e. The molecule has 1 fully saturated rings. The molecule has 0 atom stereocenters. The summed E-state index contributed by atoms with van der Waals surface area (Å²) in [4.78, 5) is 3.96. The number of nitrogens with zero attached hydrogens (tertiary/aromatic N) is 1. The standard InChI is InChI=1S/C18H20BF2NO2/c1-16(2)17(3,4)24-19(23-16)14-10-11-15(22-12-14)18(20,21)13-8-6-5-7-9-13/h5-12H,1-4H3. The van der Waals surface area contributed by atoms with E-state index in [2.05, 4.69) is 4.98 Å². The van der Waals surface area contributed by atoms with Gasteiger partial charge in [-0.05, 0) is 33.8 Å². The summed E-state index contributed by atoms with van der Waals surface area (Å²) in [6.07, 6.45) is 1.40. The van der Waals surface area contributed by atoms with Crippen LogP contribution in [0.15, 0.2) is 48.7 Å². The predicted molar refractivity (Wildman–Crippen MR) is 89.4 cm³/mol.